The molecule has 0 saturated carbocycles. The molecule has 0 fully saturated rings. The van der Waals surface area contributed by atoms with Crippen molar-refractivity contribution in [3.8, 4) is 11.8 Å². The summed E-state index contributed by atoms with van der Waals surface area (Å²) in [4.78, 5) is 3.98. The molecule has 0 aliphatic heterocycles. The van der Waals surface area contributed by atoms with E-state index in [1.165, 1.54) is 0 Å². The quantitative estimate of drug-likeness (QED) is 0.624. The zero-order chi connectivity index (χ0) is 8.81. The maximum absolute atomic E-state index is 5.32. The van der Waals surface area contributed by atoms with Gasteiger partial charge >= 0.3 is 0 Å². The fourth-order valence-electron chi connectivity index (χ4n) is 0.844. The third-order valence-corrected chi connectivity index (χ3v) is 1.51. The van der Waals surface area contributed by atoms with Gasteiger partial charge in [-0.05, 0) is 18.6 Å². The molecule has 0 aromatic carbocycles. The summed E-state index contributed by atoms with van der Waals surface area (Å²) in [5, 5.41) is 0. The monoisotopic (exact) mass is 160 g/mol. The van der Waals surface area contributed by atoms with Crippen LogP contribution in [0.25, 0.3) is 0 Å². The minimum atomic E-state index is 0.622. The van der Waals surface area contributed by atoms with Gasteiger partial charge in [-0.25, -0.2) is 0 Å². The molecule has 0 amide bonds. The van der Waals surface area contributed by atoms with Gasteiger partial charge in [-0.15, -0.1) is 0 Å². The first-order chi connectivity index (χ1) is 5.84. The van der Waals surface area contributed by atoms with Crippen LogP contribution in [0.1, 0.15) is 17.5 Å². The van der Waals surface area contributed by atoms with Gasteiger partial charge in [-0.3, -0.25) is 4.98 Å². The fourth-order valence-corrected chi connectivity index (χ4v) is 0.844. The lowest BCUT2D eigenvalue weighted by Gasteiger charge is -1.93. The molecule has 12 heavy (non-hydrogen) atoms. The molecule has 1 aromatic rings. The summed E-state index contributed by atoms with van der Waals surface area (Å²) in [7, 11) is 0. The van der Waals surface area contributed by atoms with E-state index >= 15 is 0 Å². The number of nitrogens with zero attached hydrogens (tertiary/aromatic N) is 1. The summed E-state index contributed by atoms with van der Waals surface area (Å²) < 4.78 is 0. The van der Waals surface area contributed by atoms with Gasteiger partial charge in [0.2, 0.25) is 0 Å². The Balaban J connectivity index is 2.77. The summed E-state index contributed by atoms with van der Waals surface area (Å²) in [6.07, 6.45) is 4.31. The minimum absolute atomic E-state index is 0.622. The lowest BCUT2D eigenvalue weighted by molar-refractivity contribution is 1.03. The predicted octanol–water partition coefficient (Wildman–Crippen LogP) is 1.09. The van der Waals surface area contributed by atoms with Crippen LogP contribution in [-0.2, 0) is 0 Å². The van der Waals surface area contributed by atoms with Crippen molar-refractivity contribution >= 4 is 0 Å². The van der Waals surface area contributed by atoms with Gasteiger partial charge in [0.15, 0.2) is 0 Å². The molecule has 0 bridgehead atoms. The molecular weight excluding hydrogens is 148 g/mol. The third-order valence-electron chi connectivity index (χ3n) is 1.51. The van der Waals surface area contributed by atoms with Crippen molar-refractivity contribution in [3.05, 3.63) is 29.6 Å². The predicted molar refractivity (Wildman–Crippen MR) is 49.5 cm³/mol. The topological polar surface area (TPSA) is 38.9 Å². The number of nitrogens with two attached hydrogens (primary N) is 1. The maximum atomic E-state index is 5.32. The number of aromatic nitrogens is 1. The van der Waals surface area contributed by atoms with E-state index in [2.05, 4.69) is 16.8 Å². The highest BCUT2D eigenvalue weighted by Gasteiger charge is 1.90. The van der Waals surface area contributed by atoms with Crippen LogP contribution >= 0.6 is 0 Å². The van der Waals surface area contributed by atoms with Crippen molar-refractivity contribution in [2.75, 3.05) is 6.54 Å². The van der Waals surface area contributed by atoms with E-state index in [9.17, 15) is 0 Å². The largest absolute Gasteiger partial charge is 0.330 e. The molecule has 0 spiro atoms. The molecule has 0 saturated heterocycles. The lowest BCUT2D eigenvalue weighted by Crippen LogP contribution is -1.95. The number of rotatable bonds is 1. The molecule has 1 rings (SSSR count). The van der Waals surface area contributed by atoms with E-state index in [4.69, 9.17) is 5.73 Å². The molecular formula is C10H12N2. The molecule has 2 nitrogen and oxygen atoms in total. The second-order valence-corrected chi connectivity index (χ2v) is 2.53. The molecule has 2 heteroatoms. The molecule has 1 heterocycles. The SMILES string of the molecule is Cc1cnccc1C#CCCN. The fraction of sp³-hybridized carbons (Fsp3) is 0.300. The highest BCUT2D eigenvalue weighted by molar-refractivity contribution is 5.38. The summed E-state index contributed by atoms with van der Waals surface area (Å²) in [5.41, 5.74) is 7.47. The highest BCUT2D eigenvalue weighted by Crippen LogP contribution is 2.01. The average Bonchev–Trinajstić information content (AvgIpc) is 2.09. The zero-order valence-electron chi connectivity index (χ0n) is 7.17. The van der Waals surface area contributed by atoms with Crippen LogP contribution in [0, 0.1) is 18.8 Å². The van der Waals surface area contributed by atoms with Crippen molar-refractivity contribution in [1.82, 2.24) is 4.98 Å². The average molecular weight is 160 g/mol. The van der Waals surface area contributed by atoms with Crippen LogP contribution < -0.4 is 5.73 Å². The second kappa shape index (κ2) is 4.53. The Hall–Kier alpha value is -1.33. The Morgan fingerprint density at radius 1 is 1.58 bits per heavy atom. The smallest absolute Gasteiger partial charge is 0.0309 e. The first-order valence-corrected chi connectivity index (χ1v) is 3.94. The molecule has 0 atom stereocenters. The van der Waals surface area contributed by atoms with Crippen molar-refractivity contribution < 1.29 is 0 Å². The van der Waals surface area contributed by atoms with Crippen molar-refractivity contribution in [2.45, 2.75) is 13.3 Å². The Labute approximate surface area is 72.8 Å². The van der Waals surface area contributed by atoms with E-state index in [0.29, 0.717) is 6.54 Å². The van der Waals surface area contributed by atoms with Gasteiger partial charge in [0.05, 0.1) is 0 Å². The lowest BCUT2D eigenvalue weighted by atomic mass is 10.1. The molecule has 0 aliphatic rings. The Kier molecular flexibility index (Phi) is 3.31. The number of hydrogen-bond acceptors (Lipinski definition) is 2. The molecule has 0 unspecified atom stereocenters. The van der Waals surface area contributed by atoms with Gasteiger partial charge in [0, 0.05) is 30.9 Å². The van der Waals surface area contributed by atoms with Gasteiger partial charge in [0.1, 0.15) is 0 Å². The first kappa shape index (κ1) is 8.76. The van der Waals surface area contributed by atoms with Crippen LogP contribution in [0.4, 0.5) is 0 Å². The summed E-state index contributed by atoms with van der Waals surface area (Å²) in [6, 6.07) is 1.92. The first-order valence-electron chi connectivity index (χ1n) is 3.94. The van der Waals surface area contributed by atoms with Crippen LogP contribution in [0.15, 0.2) is 18.5 Å². The molecule has 0 aliphatic carbocycles. The maximum Gasteiger partial charge on any atom is 0.0309 e. The third kappa shape index (κ3) is 2.37. The van der Waals surface area contributed by atoms with Gasteiger partial charge in [0.25, 0.3) is 0 Å². The van der Waals surface area contributed by atoms with Gasteiger partial charge in [-0.1, -0.05) is 11.8 Å². The van der Waals surface area contributed by atoms with E-state index in [1.54, 1.807) is 6.20 Å². The van der Waals surface area contributed by atoms with Crippen molar-refractivity contribution in [3.63, 3.8) is 0 Å². The van der Waals surface area contributed by atoms with Crippen molar-refractivity contribution in [2.24, 2.45) is 5.73 Å². The van der Waals surface area contributed by atoms with Crippen molar-refractivity contribution in [1.29, 1.82) is 0 Å². The normalized spacial score (nSPS) is 8.83. The molecule has 2 N–H and O–H groups in total. The Morgan fingerprint density at radius 3 is 3.08 bits per heavy atom. The molecule has 0 radical (unpaired) electrons. The second-order valence-electron chi connectivity index (χ2n) is 2.53. The Morgan fingerprint density at radius 2 is 2.42 bits per heavy atom. The zero-order valence-corrected chi connectivity index (χ0v) is 7.17. The number of hydrogen-bond donors (Lipinski definition) is 1. The highest BCUT2D eigenvalue weighted by atomic mass is 14.6. The van der Waals surface area contributed by atoms with Gasteiger partial charge in [-0.2, -0.15) is 0 Å². The summed E-state index contributed by atoms with van der Waals surface area (Å²) in [6.45, 7) is 2.62. The minimum Gasteiger partial charge on any atom is -0.330 e. The molecule has 1 aromatic heterocycles. The summed E-state index contributed by atoms with van der Waals surface area (Å²) >= 11 is 0. The summed E-state index contributed by atoms with van der Waals surface area (Å²) in [5.74, 6) is 6.03. The van der Waals surface area contributed by atoms with E-state index in [0.717, 1.165) is 17.5 Å². The van der Waals surface area contributed by atoms with E-state index in [-0.39, 0.29) is 0 Å². The van der Waals surface area contributed by atoms with Crippen LogP contribution in [0.5, 0.6) is 0 Å². The number of aryl methyl sites for hydroxylation is 1. The Bertz CT molecular complexity index is 307. The van der Waals surface area contributed by atoms with E-state index in [1.807, 2.05) is 19.2 Å². The standard InChI is InChI=1S/C10H12N2/c1-9-8-12-7-5-10(9)4-2-3-6-11/h5,7-8H,3,6,11H2,1H3. The number of pyridine rings is 1. The molecule has 62 valence electrons. The van der Waals surface area contributed by atoms with Crippen LogP contribution in [0.3, 0.4) is 0 Å². The van der Waals surface area contributed by atoms with Crippen LogP contribution in [0.2, 0.25) is 0 Å². The van der Waals surface area contributed by atoms with Crippen LogP contribution in [-0.4, -0.2) is 11.5 Å². The van der Waals surface area contributed by atoms with E-state index < -0.39 is 0 Å². The van der Waals surface area contributed by atoms with Gasteiger partial charge < -0.3 is 5.73 Å².